The molecule has 1 aromatic rings. The Morgan fingerprint density at radius 1 is 1.17 bits per heavy atom. The van der Waals surface area contributed by atoms with Crippen LogP contribution in [0.2, 0.25) is 0 Å². The number of allylic oxidation sites excluding steroid dienone is 4. The van der Waals surface area contributed by atoms with E-state index in [0.29, 0.717) is 11.5 Å². The van der Waals surface area contributed by atoms with E-state index >= 15 is 0 Å². The van der Waals surface area contributed by atoms with E-state index in [1.54, 1.807) is 0 Å². The van der Waals surface area contributed by atoms with Crippen LogP contribution in [0.25, 0.3) is 0 Å². The van der Waals surface area contributed by atoms with Gasteiger partial charge >= 0.3 is 0 Å². The van der Waals surface area contributed by atoms with Crippen molar-refractivity contribution < 1.29 is 0 Å². The van der Waals surface area contributed by atoms with Gasteiger partial charge < -0.3 is 5.73 Å². The van der Waals surface area contributed by atoms with Crippen molar-refractivity contribution in [1.29, 1.82) is 15.8 Å². The molecule has 1 aromatic carbocycles. The summed E-state index contributed by atoms with van der Waals surface area (Å²) in [5.74, 6) is -0.170. The SMILES string of the molecule is N#CC1=C(N)C(C#N)(C#N)[C@H](c2cccc(Br)c2)C=C1C1CC1. The summed E-state index contributed by atoms with van der Waals surface area (Å²) in [5.41, 5.74) is 6.73. The van der Waals surface area contributed by atoms with Gasteiger partial charge in [0.15, 0.2) is 5.41 Å². The Hall–Kier alpha value is -2.55. The largest absolute Gasteiger partial charge is 0.399 e. The molecule has 1 atom stereocenters. The number of hydrogen-bond acceptors (Lipinski definition) is 4. The molecule has 112 valence electrons. The number of nitriles is 3. The summed E-state index contributed by atoms with van der Waals surface area (Å²) in [6, 6.07) is 13.8. The second kappa shape index (κ2) is 5.58. The third-order valence-corrected chi connectivity index (χ3v) is 4.98. The highest BCUT2D eigenvalue weighted by Gasteiger charge is 2.49. The molecule has 23 heavy (non-hydrogen) atoms. The maximum Gasteiger partial charge on any atom is 0.194 e. The Labute approximate surface area is 143 Å². The molecule has 2 aliphatic carbocycles. The van der Waals surface area contributed by atoms with Crippen molar-refractivity contribution in [3.05, 3.63) is 57.2 Å². The lowest BCUT2D eigenvalue weighted by molar-refractivity contribution is 0.523. The highest BCUT2D eigenvalue weighted by Crippen LogP contribution is 2.51. The van der Waals surface area contributed by atoms with Crippen molar-refractivity contribution in [3.63, 3.8) is 0 Å². The van der Waals surface area contributed by atoms with Gasteiger partial charge in [0.05, 0.1) is 23.4 Å². The fraction of sp³-hybridized carbons (Fsp3) is 0.278. The molecule has 2 N–H and O–H groups in total. The molecule has 4 nitrogen and oxygen atoms in total. The van der Waals surface area contributed by atoms with Crippen LogP contribution in [0, 0.1) is 45.3 Å². The van der Waals surface area contributed by atoms with E-state index in [4.69, 9.17) is 5.73 Å². The number of benzene rings is 1. The first-order chi connectivity index (χ1) is 11.1. The molecule has 2 aliphatic rings. The maximum absolute atomic E-state index is 9.73. The molecule has 0 bridgehead atoms. The standard InChI is InChI=1S/C18H13BrN4/c19-13-3-1-2-12(6-13)16-7-14(11-4-5-11)15(8-20)17(23)18(16,9-21)10-22/h1-3,6-7,11,16H,4-5,23H2/t16-/m0/s1. The maximum atomic E-state index is 9.73. The molecule has 0 unspecified atom stereocenters. The van der Waals surface area contributed by atoms with Crippen molar-refractivity contribution in [2.75, 3.05) is 0 Å². The van der Waals surface area contributed by atoms with E-state index in [9.17, 15) is 15.8 Å². The average molecular weight is 365 g/mol. The first-order valence-electron chi connectivity index (χ1n) is 7.27. The van der Waals surface area contributed by atoms with Crippen LogP contribution in [0.4, 0.5) is 0 Å². The predicted octanol–water partition coefficient (Wildman–Crippen LogP) is 3.65. The second-order valence-corrected chi connectivity index (χ2v) is 6.78. The average Bonchev–Trinajstić information content (AvgIpc) is 3.39. The molecule has 5 heteroatoms. The first kappa shape index (κ1) is 15.3. The van der Waals surface area contributed by atoms with Gasteiger partial charge in [-0.3, -0.25) is 0 Å². The van der Waals surface area contributed by atoms with Gasteiger partial charge in [0.2, 0.25) is 0 Å². The first-order valence-corrected chi connectivity index (χ1v) is 8.07. The van der Waals surface area contributed by atoms with Gasteiger partial charge in [-0.2, -0.15) is 15.8 Å². The summed E-state index contributed by atoms with van der Waals surface area (Å²) < 4.78 is 0.870. The van der Waals surface area contributed by atoms with Crippen LogP contribution in [-0.4, -0.2) is 0 Å². The van der Waals surface area contributed by atoms with Crippen LogP contribution in [0.1, 0.15) is 24.3 Å². The minimum atomic E-state index is -1.55. The van der Waals surface area contributed by atoms with Gasteiger partial charge in [-0.25, -0.2) is 0 Å². The second-order valence-electron chi connectivity index (χ2n) is 5.86. The van der Waals surface area contributed by atoms with Crippen molar-refractivity contribution in [3.8, 4) is 18.2 Å². The van der Waals surface area contributed by atoms with Crippen LogP contribution in [0.3, 0.4) is 0 Å². The molecule has 0 radical (unpaired) electrons. The Balaban J connectivity index is 2.25. The van der Waals surface area contributed by atoms with Crippen LogP contribution in [0.5, 0.6) is 0 Å². The van der Waals surface area contributed by atoms with Crippen molar-refractivity contribution in [2.24, 2.45) is 17.1 Å². The summed E-state index contributed by atoms with van der Waals surface area (Å²) in [4.78, 5) is 0. The molecule has 0 amide bonds. The van der Waals surface area contributed by atoms with E-state index in [1.165, 1.54) is 0 Å². The zero-order valence-corrected chi connectivity index (χ0v) is 13.8. The van der Waals surface area contributed by atoms with E-state index in [0.717, 1.165) is 28.5 Å². The lowest BCUT2D eigenvalue weighted by atomic mass is 9.66. The highest BCUT2D eigenvalue weighted by atomic mass is 79.9. The zero-order valence-electron chi connectivity index (χ0n) is 12.3. The van der Waals surface area contributed by atoms with Gasteiger partial charge in [0.25, 0.3) is 0 Å². The molecule has 0 spiro atoms. The fourth-order valence-electron chi connectivity index (χ4n) is 3.10. The fourth-order valence-corrected chi connectivity index (χ4v) is 3.52. The lowest BCUT2D eigenvalue weighted by Crippen LogP contribution is -2.35. The Morgan fingerprint density at radius 3 is 2.39 bits per heavy atom. The number of hydrogen-bond donors (Lipinski definition) is 1. The Kier molecular flexibility index (Phi) is 3.72. The third kappa shape index (κ3) is 2.33. The number of rotatable bonds is 2. The van der Waals surface area contributed by atoms with Gasteiger partial charge in [0.1, 0.15) is 6.07 Å². The number of nitrogens with zero attached hydrogens (tertiary/aromatic N) is 3. The Bertz CT molecular complexity index is 842. The van der Waals surface area contributed by atoms with E-state index in [-0.39, 0.29) is 5.70 Å². The molecule has 0 aliphatic heterocycles. The predicted molar refractivity (Wildman–Crippen MR) is 88.2 cm³/mol. The smallest absolute Gasteiger partial charge is 0.194 e. The molecule has 1 fully saturated rings. The van der Waals surface area contributed by atoms with Crippen LogP contribution in [0.15, 0.2) is 51.7 Å². The van der Waals surface area contributed by atoms with Gasteiger partial charge in [-0.1, -0.05) is 34.1 Å². The van der Waals surface area contributed by atoms with E-state index < -0.39 is 11.3 Å². The molecule has 0 heterocycles. The number of nitrogens with two attached hydrogens (primary N) is 1. The summed E-state index contributed by atoms with van der Waals surface area (Å²) in [5, 5.41) is 28.9. The summed E-state index contributed by atoms with van der Waals surface area (Å²) >= 11 is 3.43. The van der Waals surface area contributed by atoms with Crippen LogP contribution in [-0.2, 0) is 0 Å². The monoisotopic (exact) mass is 364 g/mol. The van der Waals surface area contributed by atoms with E-state index in [1.807, 2.05) is 30.3 Å². The Morgan fingerprint density at radius 2 is 1.87 bits per heavy atom. The molecular weight excluding hydrogens is 352 g/mol. The summed E-state index contributed by atoms with van der Waals surface area (Å²) in [6.45, 7) is 0. The molecule has 0 saturated heterocycles. The molecule has 1 saturated carbocycles. The number of halogens is 1. The topological polar surface area (TPSA) is 97.4 Å². The summed E-state index contributed by atoms with van der Waals surface area (Å²) in [6.07, 6.45) is 3.93. The normalized spacial score (nSPS) is 22.5. The zero-order chi connectivity index (χ0) is 16.6. The van der Waals surface area contributed by atoms with Crippen molar-refractivity contribution in [1.82, 2.24) is 0 Å². The third-order valence-electron chi connectivity index (χ3n) is 4.49. The lowest BCUT2D eigenvalue weighted by Gasteiger charge is -2.33. The quantitative estimate of drug-likeness (QED) is 0.865. The van der Waals surface area contributed by atoms with Gasteiger partial charge in [0, 0.05) is 10.4 Å². The molecular formula is C18H13BrN4. The van der Waals surface area contributed by atoms with Crippen molar-refractivity contribution >= 4 is 15.9 Å². The van der Waals surface area contributed by atoms with Gasteiger partial charge in [-0.15, -0.1) is 0 Å². The summed E-state index contributed by atoms with van der Waals surface area (Å²) in [7, 11) is 0. The minimum Gasteiger partial charge on any atom is -0.399 e. The highest BCUT2D eigenvalue weighted by molar-refractivity contribution is 9.10. The molecule has 0 aromatic heterocycles. The van der Waals surface area contributed by atoms with Crippen molar-refractivity contribution in [2.45, 2.75) is 18.8 Å². The van der Waals surface area contributed by atoms with Crippen LogP contribution >= 0.6 is 15.9 Å². The minimum absolute atomic E-state index is 0.0828. The van der Waals surface area contributed by atoms with E-state index in [2.05, 4.69) is 34.1 Å². The molecule has 3 rings (SSSR count). The van der Waals surface area contributed by atoms with Crippen LogP contribution < -0.4 is 5.73 Å². The van der Waals surface area contributed by atoms with Gasteiger partial charge in [-0.05, 0) is 42.0 Å².